The van der Waals surface area contributed by atoms with Gasteiger partial charge in [-0.15, -0.1) is 0 Å². The topological polar surface area (TPSA) is 38.3 Å². The quantitative estimate of drug-likeness (QED) is 0.628. The molecule has 3 nitrogen and oxygen atoms in total. The molecule has 138 valence electrons. The highest BCUT2D eigenvalue weighted by Crippen LogP contribution is 2.23. The summed E-state index contributed by atoms with van der Waals surface area (Å²) in [4.78, 5) is 12.1. The van der Waals surface area contributed by atoms with Crippen molar-refractivity contribution in [1.29, 1.82) is 0 Å². The lowest BCUT2D eigenvalue weighted by Gasteiger charge is -2.15. The van der Waals surface area contributed by atoms with Crippen LogP contribution in [-0.2, 0) is 4.79 Å². The summed E-state index contributed by atoms with van der Waals surface area (Å²) in [6.45, 7) is 1.47. The molecule has 3 aromatic rings. The first kappa shape index (κ1) is 18.5. The molecular formula is C21H16F3NO2. The number of halogens is 3. The fourth-order valence-corrected chi connectivity index (χ4v) is 2.47. The first-order valence-electron chi connectivity index (χ1n) is 8.22. The lowest BCUT2D eigenvalue weighted by atomic mass is 10.1. The number of anilines is 1. The van der Waals surface area contributed by atoms with Gasteiger partial charge in [0.05, 0.1) is 5.69 Å². The molecule has 0 saturated carbocycles. The van der Waals surface area contributed by atoms with E-state index in [1.54, 1.807) is 12.1 Å². The van der Waals surface area contributed by atoms with Gasteiger partial charge in [-0.2, -0.15) is 0 Å². The second-order valence-corrected chi connectivity index (χ2v) is 5.86. The van der Waals surface area contributed by atoms with E-state index in [0.29, 0.717) is 5.75 Å². The molecule has 0 heterocycles. The maximum absolute atomic E-state index is 13.6. The lowest BCUT2D eigenvalue weighted by Crippen LogP contribution is -2.30. The van der Waals surface area contributed by atoms with Crippen molar-refractivity contribution < 1.29 is 22.7 Å². The summed E-state index contributed by atoms with van der Waals surface area (Å²) in [5, 5.41) is 2.19. The van der Waals surface area contributed by atoms with E-state index < -0.39 is 35.2 Å². The highest BCUT2D eigenvalue weighted by atomic mass is 19.2. The van der Waals surface area contributed by atoms with Crippen LogP contribution in [0.2, 0.25) is 0 Å². The predicted molar refractivity (Wildman–Crippen MR) is 96.9 cm³/mol. The van der Waals surface area contributed by atoms with Crippen LogP contribution in [0.3, 0.4) is 0 Å². The van der Waals surface area contributed by atoms with Crippen molar-refractivity contribution in [3.8, 4) is 16.9 Å². The van der Waals surface area contributed by atoms with Crippen LogP contribution in [0.25, 0.3) is 11.1 Å². The SMILES string of the molecule is C[C@@H](Oc1ccc(-c2ccccc2)cc1)C(=O)Nc1ccc(F)c(F)c1F. The largest absolute Gasteiger partial charge is 0.481 e. The maximum atomic E-state index is 13.6. The van der Waals surface area contributed by atoms with Crippen LogP contribution < -0.4 is 10.1 Å². The third-order valence-electron chi connectivity index (χ3n) is 3.94. The first-order valence-corrected chi connectivity index (χ1v) is 8.22. The fraction of sp³-hybridized carbons (Fsp3) is 0.0952. The highest BCUT2D eigenvalue weighted by Gasteiger charge is 2.19. The van der Waals surface area contributed by atoms with Crippen molar-refractivity contribution >= 4 is 11.6 Å². The average Bonchev–Trinajstić information content (AvgIpc) is 2.69. The summed E-state index contributed by atoms with van der Waals surface area (Å²) in [5.41, 5.74) is 1.58. The number of hydrogen-bond acceptors (Lipinski definition) is 2. The molecular weight excluding hydrogens is 355 g/mol. The number of amides is 1. The van der Waals surface area contributed by atoms with E-state index in [2.05, 4.69) is 5.32 Å². The zero-order chi connectivity index (χ0) is 19.4. The molecule has 6 heteroatoms. The molecule has 0 saturated heterocycles. The fourth-order valence-electron chi connectivity index (χ4n) is 2.47. The molecule has 0 aliphatic heterocycles. The summed E-state index contributed by atoms with van der Waals surface area (Å²) >= 11 is 0. The molecule has 27 heavy (non-hydrogen) atoms. The molecule has 0 aliphatic rings. The highest BCUT2D eigenvalue weighted by molar-refractivity contribution is 5.94. The van der Waals surface area contributed by atoms with E-state index in [0.717, 1.165) is 23.3 Å². The minimum absolute atomic E-state index is 0.447. The molecule has 3 aromatic carbocycles. The Morgan fingerprint density at radius 3 is 2.15 bits per heavy atom. The monoisotopic (exact) mass is 371 g/mol. The van der Waals surface area contributed by atoms with Crippen LogP contribution in [-0.4, -0.2) is 12.0 Å². The zero-order valence-electron chi connectivity index (χ0n) is 14.4. The van der Waals surface area contributed by atoms with Gasteiger partial charge >= 0.3 is 0 Å². The number of ether oxygens (including phenoxy) is 1. The smallest absolute Gasteiger partial charge is 0.265 e. The predicted octanol–water partition coefficient (Wildman–Crippen LogP) is 5.18. The Morgan fingerprint density at radius 1 is 0.852 bits per heavy atom. The van der Waals surface area contributed by atoms with Gasteiger partial charge in [-0.05, 0) is 42.3 Å². The molecule has 0 fully saturated rings. The summed E-state index contributed by atoms with van der Waals surface area (Å²) < 4.78 is 45.4. The molecule has 0 radical (unpaired) electrons. The number of benzene rings is 3. The molecule has 1 amide bonds. The minimum atomic E-state index is -1.64. The summed E-state index contributed by atoms with van der Waals surface area (Å²) in [5.74, 6) is -4.66. The Bertz CT molecular complexity index is 944. The van der Waals surface area contributed by atoms with Gasteiger partial charge in [0.1, 0.15) is 5.75 Å². The molecule has 0 aliphatic carbocycles. The van der Waals surface area contributed by atoms with E-state index in [1.807, 2.05) is 42.5 Å². The van der Waals surface area contributed by atoms with Crippen LogP contribution in [0.15, 0.2) is 66.7 Å². The Hall–Kier alpha value is -3.28. The van der Waals surface area contributed by atoms with E-state index in [1.165, 1.54) is 6.92 Å². The maximum Gasteiger partial charge on any atom is 0.265 e. The molecule has 3 rings (SSSR count). The van der Waals surface area contributed by atoms with Crippen molar-refractivity contribution in [2.45, 2.75) is 13.0 Å². The molecule has 0 aromatic heterocycles. The van der Waals surface area contributed by atoms with Crippen LogP contribution in [0.4, 0.5) is 18.9 Å². The summed E-state index contributed by atoms with van der Waals surface area (Å²) in [6.07, 6.45) is -0.972. The Balaban J connectivity index is 1.65. The van der Waals surface area contributed by atoms with Crippen LogP contribution in [0.1, 0.15) is 6.92 Å². The van der Waals surface area contributed by atoms with Gasteiger partial charge < -0.3 is 10.1 Å². The normalized spacial score (nSPS) is 11.7. The van der Waals surface area contributed by atoms with Gasteiger partial charge in [0.2, 0.25) is 0 Å². The third-order valence-corrected chi connectivity index (χ3v) is 3.94. The van der Waals surface area contributed by atoms with Crippen LogP contribution >= 0.6 is 0 Å². The first-order chi connectivity index (χ1) is 13.0. The van der Waals surface area contributed by atoms with Crippen LogP contribution in [0, 0.1) is 17.5 Å². The second kappa shape index (κ2) is 7.95. The van der Waals surface area contributed by atoms with Gasteiger partial charge in [0.15, 0.2) is 23.6 Å². The number of carbonyl (C=O) groups excluding carboxylic acids is 1. The van der Waals surface area contributed by atoms with E-state index in [4.69, 9.17) is 4.74 Å². The Morgan fingerprint density at radius 2 is 1.48 bits per heavy atom. The third kappa shape index (κ3) is 4.28. The molecule has 0 spiro atoms. The molecule has 0 unspecified atom stereocenters. The van der Waals surface area contributed by atoms with Crippen molar-refractivity contribution in [2.24, 2.45) is 0 Å². The van der Waals surface area contributed by atoms with Gasteiger partial charge in [0, 0.05) is 0 Å². The Kier molecular flexibility index (Phi) is 5.45. The second-order valence-electron chi connectivity index (χ2n) is 5.86. The van der Waals surface area contributed by atoms with Crippen LogP contribution in [0.5, 0.6) is 5.75 Å². The molecule has 1 atom stereocenters. The zero-order valence-corrected chi connectivity index (χ0v) is 14.4. The number of hydrogen-bond donors (Lipinski definition) is 1. The summed E-state index contributed by atoms with van der Waals surface area (Å²) in [7, 11) is 0. The van der Waals surface area contributed by atoms with Gasteiger partial charge in [0.25, 0.3) is 5.91 Å². The average molecular weight is 371 g/mol. The van der Waals surface area contributed by atoms with Gasteiger partial charge in [-0.1, -0.05) is 42.5 Å². The molecule has 1 N–H and O–H groups in total. The van der Waals surface area contributed by atoms with Gasteiger partial charge in [-0.3, -0.25) is 4.79 Å². The van der Waals surface area contributed by atoms with Crippen molar-refractivity contribution in [3.05, 3.63) is 84.2 Å². The lowest BCUT2D eigenvalue weighted by molar-refractivity contribution is -0.122. The van der Waals surface area contributed by atoms with E-state index in [9.17, 15) is 18.0 Å². The molecule has 0 bridgehead atoms. The Labute approximate surface area is 154 Å². The number of nitrogens with one attached hydrogen (secondary N) is 1. The summed E-state index contributed by atoms with van der Waals surface area (Å²) in [6, 6.07) is 18.6. The van der Waals surface area contributed by atoms with Crippen molar-refractivity contribution in [2.75, 3.05) is 5.32 Å². The van der Waals surface area contributed by atoms with Crippen molar-refractivity contribution in [1.82, 2.24) is 0 Å². The minimum Gasteiger partial charge on any atom is -0.481 e. The number of carbonyl (C=O) groups is 1. The number of rotatable bonds is 5. The van der Waals surface area contributed by atoms with E-state index in [-0.39, 0.29) is 0 Å². The standard InChI is InChI=1S/C21H16F3NO2/c1-13(21(26)25-18-12-11-17(22)19(23)20(18)24)27-16-9-7-15(8-10-16)14-5-3-2-4-6-14/h2-13H,1H3,(H,25,26)/t13-/m1/s1. The van der Waals surface area contributed by atoms with Gasteiger partial charge in [-0.25, -0.2) is 13.2 Å². The van der Waals surface area contributed by atoms with Crippen molar-refractivity contribution in [3.63, 3.8) is 0 Å². The van der Waals surface area contributed by atoms with E-state index >= 15 is 0 Å².